The van der Waals surface area contributed by atoms with Crippen LogP contribution in [0.2, 0.25) is 5.15 Å². The standard InChI is InChI=1S/C25H26ClN7O/c1-25(2,3)18-8-6-17(7-9-18)20-10-12-28-23-29-24(30-33(20)23)32-15-13-31(14-16-32)22(34)19-5-4-11-27-21(19)26/h4-12H,13-16H2,1-3H3. The Morgan fingerprint density at radius 2 is 1.68 bits per heavy atom. The summed E-state index contributed by atoms with van der Waals surface area (Å²) in [4.78, 5) is 29.8. The zero-order chi connectivity index (χ0) is 23.9. The molecule has 5 rings (SSSR count). The number of pyridine rings is 1. The van der Waals surface area contributed by atoms with E-state index in [1.807, 2.05) is 6.07 Å². The van der Waals surface area contributed by atoms with E-state index in [4.69, 9.17) is 16.7 Å². The Labute approximate surface area is 203 Å². The second-order valence-corrected chi connectivity index (χ2v) is 9.76. The molecule has 0 spiro atoms. The molecule has 0 N–H and O–H groups in total. The van der Waals surface area contributed by atoms with Crippen LogP contribution < -0.4 is 4.90 Å². The normalized spacial score (nSPS) is 14.6. The summed E-state index contributed by atoms with van der Waals surface area (Å²) in [5, 5.41) is 4.99. The van der Waals surface area contributed by atoms with E-state index in [1.54, 1.807) is 33.9 Å². The van der Waals surface area contributed by atoms with Crippen LogP contribution in [0.1, 0.15) is 36.7 Å². The molecule has 1 amide bonds. The second-order valence-electron chi connectivity index (χ2n) is 9.40. The van der Waals surface area contributed by atoms with Gasteiger partial charge in [0.2, 0.25) is 5.95 Å². The average Bonchev–Trinajstić information content (AvgIpc) is 3.28. The van der Waals surface area contributed by atoms with Crippen LogP contribution in [0.4, 0.5) is 5.95 Å². The number of halogens is 1. The molecule has 8 nitrogen and oxygen atoms in total. The lowest BCUT2D eigenvalue weighted by Gasteiger charge is -2.34. The third-order valence-electron chi connectivity index (χ3n) is 6.12. The number of amides is 1. The van der Waals surface area contributed by atoms with Crippen molar-refractivity contribution in [2.75, 3.05) is 31.1 Å². The topological polar surface area (TPSA) is 79.5 Å². The molecule has 34 heavy (non-hydrogen) atoms. The van der Waals surface area contributed by atoms with Crippen LogP contribution >= 0.6 is 11.6 Å². The van der Waals surface area contributed by atoms with Crippen LogP contribution in [-0.4, -0.2) is 61.6 Å². The number of benzene rings is 1. The lowest BCUT2D eigenvalue weighted by atomic mass is 9.86. The summed E-state index contributed by atoms with van der Waals surface area (Å²) >= 11 is 6.11. The number of hydrogen-bond donors (Lipinski definition) is 0. The van der Waals surface area contributed by atoms with Crippen molar-refractivity contribution in [3.63, 3.8) is 0 Å². The zero-order valence-corrected chi connectivity index (χ0v) is 20.2. The van der Waals surface area contributed by atoms with Gasteiger partial charge in [-0.3, -0.25) is 4.79 Å². The van der Waals surface area contributed by atoms with Gasteiger partial charge in [-0.05, 0) is 29.2 Å². The van der Waals surface area contributed by atoms with Gasteiger partial charge in [-0.1, -0.05) is 56.6 Å². The highest BCUT2D eigenvalue weighted by molar-refractivity contribution is 6.32. The Morgan fingerprint density at radius 3 is 2.35 bits per heavy atom. The SMILES string of the molecule is CC(C)(C)c1ccc(-c2ccnc3nc(N4CCN(C(=O)c5cccnc5Cl)CC4)nn23)cc1. The summed E-state index contributed by atoms with van der Waals surface area (Å²) in [6.07, 6.45) is 3.34. The van der Waals surface area contributed by atoms with Crippen molar-refractivity contribution in [2.24, 2.45) is 0 Å². The van der Waals surface area contributed by atoms with Crippen molar-refractivity contribution in [3.05, 3.63) is 71.1 Å². The number of carbonyl (C=O) groups is 1. The van der Waals surface area contributed by atoms with Crippen molar-refractivity contribution < 1.29 is 4.79 Å². The number of rotatable bonds is 3. The average molecular weight is 476 g/mol. The molecule has 1 fully saturated rings. The Morgan fingerprint density at radius 1 is 0.941 bits per heavy atom. The fourth-order valence-electron chi connectivity index (χ4n) is 4.10. The van der Waals surface area contributed by atoms with E-state index in [9.17, 15) is 4.79 Å². The lowest BCUT2D eigenvalue weighted by molar-refractivity contribution is 0.0746. The minimum atomic E-state index is -0.108. The van der Waals surface area contributed by atoms with Gasteiger partial charge in [-0.15, -0.1) is 5.10 Å². The van der Waals surface area contributed by atoms with E-state index in [-0.39, 0.29) is 16.5 Å². The highest BCUT2D eigenvalue weighted by Crippen LogP contribution is 2.27. The van der Waals surface area contributed by atoms with Crippen molar-refractivity contribution in [1.29, 1.82) is 0 Å². The molecular weight excluding hydrogens is 450 g/mol. The molecule has 0 saturated carbocycles. The molecule has 1 aliphatic heterocycles. The Hall–Kier alpha value is -3.52. The number of aromatic nitrogens is 5. The van der Waals surface area contributed by atoms with Gasteiger partial charge >= 0.3 is 0 Å². The first-order chi connectivity index (χ1) is 16.3. The van der Waals surface area contributed by atoms with E-state index < -0.39 is 0 Å². The van der Waals surface area contributed by atoms with E-state index in [1.165, 1.54) is 5.56 Å². The summed E-state index contributed by atoms with van der Waals surface area (Å²) in [6.45, 7) is 8.95. The first-order valence-electron chi connectivity index (χ1n) is 11.3. The summed E-state index contributed by atoms with van der Waals surface area (Å²) in [5.41, 5.74) is 3.79. The summed E-state index contributed by atoms with van der Waals surface area (Å²) in [5.74, 6) is 1.05. The fourth-order valence-corrected chi connectivity index (χ4v) is 4.30. The van der Waals surface area contributed by atoms with Crippen LogP contribution in [0.25, 0.3) is 17.0 Å². The molecule has 0 aliphatic carbocycles. The van der Waals surface area contributed by atoms with Crippen molar-refractivity contribution >= 4 is 29.2 Å². The first-order valence-corrected chi connectivity index (χ1v) is 11.7. The number of hydrogen-bond acceptors (Lipinski definition) is 6. The highest BCUT2D eigenvalue weighted by atomic mass is 35.5. The smallest absolute Gasteiger partial charge is 0.257 e. The maximum atomic E-state index is 12.8. The van der Waals surface area contributed by atoms with Crippen LogP contribution in [0.3, 0.4) is 0 Å². The predicted molar refractivity (Wildman–Crippen MR) is 132 cm³/mol. The lowest BCUT2D eigenvalue weighted by Crippen LogP contribution is -2.49. The number of nitrogens with zero attached hydrogens (tertiary/aromatic N) is 7. The predicted octanol–water partition coefficient (Wildman–Crippen LogP) is 4.10. The minimum Gasteiger partial charge on any atom is -0.336 e. The van der Waals surface area contributed by atoms with Crippen LogP contribution in [0.5, 0.6) is 0 Å². The fraction of sp³-hybridized carbons (Fsp3) is 0.320. The Balaban J connectivity index is 1.35. The van der Waals surface area contributed by atoms with Crippen molar-refractivity contribution in [1.82, 2.24) is 29.5 Å². The third kappa shape index (κ3) is 4.21. The van der Waals surface area contributed by atoms with Gasteiger partial charge in [-0.25, -0.2) is 9.97 Å². The third-order valence-corrected chi connectivity index (χ3v) is 6.42. The molecule has 0 radical (unpaired) electrons. The molecule has 4 heterocycles. The van der Waals surface area contributed by atoms with Crippen molar-refractivity contribution in [2.45, 2.75) is 26.2 Å². The van der Waals surface area contributed by atoms with E-state index in [0.29, 0.717) is 43.5 Å². The van der Waals surface area contributed by atoms with E-state index in [2.05, 4.69) is 64.9 Å². The van der Waals surface area contributed by atoms with E-state index >= 15 is 0 Å². The second kappa shape index (κ2) is 8.68. The summed E-state index contributed by atoms with van der Waals surface area (Å²) in [6, 6.07) is 13.9. The van der Waals surface area contributed by atoms with Gasteiger partial charge in [0.05, 0.1) is 11.3 Å². The molecule has 1 aromatic carbocycles. The molecule has 1 aliphatic rings. The highest BCUT2D eigenvalue weighted by Gasteiger charge is 2.26. The largest absolute Gasteiger partial charge is 0.336 e. The maximum Gasteiger partial charge on any atom is 0.257 e. The number of anilines is 1. The molecule has 9 heteroatoms. The molecule has 0 bridgehead atoms. The van der Waals surface area contributed by atoms with Crippen LogP contribution in [-0.2, 0) is 5.41 Å². The van der Waals surface area contributed by atoms with Crippen molar-refractivity contribution in [3.8, 4) is 11.3 Å². The number of fused-ring (bicyclic) bond motifs is 1. The van der Waals surface area contributed by atoms with Gasteiger partial charge in [0.15, 0.2) is 0 Å². The molecule has 4 aromatic rings. The molecule has 1 saturated heterocycles. The molecular formula is C25H26ClN7O. The van der Waals surface area contributed by atoms with Gasteiger partial charge in [0.25, 0.3) is 11.7 Å². The van der Waals surface area contributed by atoms with Crippen LogP contribution in [0, 0.1) is 0 Å². The monoisotopic (exact) mass is 475 g/mol. The quantitative estimate of drug-likeness (QED) is 0.415. The first kappa shape index (κ1) is 22.3. The van der Waals surface area contributed by atoms with E-state index in [0.717, 1.165) is 11.3 Å². The maximum absolute atomic E-state index is 12.8. The molecule has 3 aromatic heterocycles. The molecule has 0 atom stereocenters. The Bertz CT molecular complexity index is 1340. The number of carbonyl (C=O) groups excluding carboxylic acids is 1. The summed E-state index contributed by atoms with van der Waals surface area (Å²) < 4.78 is 1.79. The number of piperazine rings is 1. The zero-order valence-electron chi connectivity index (χ0n) is 19.4. The van der Waals surface area contributed by atoms with Gasteiger partial charge in [-0.2, -0.15) is 9.50 Å². The molecule has 0 unspecified atom stereocenters. The minimum absolute atomic E-state index is 0.0956. The Kier molecular flexibility index (Phi) is 5.69. The summed E-state index contributed by atoms with van der Waals surface area (Å²) in [7, 11) is 0. The van der Waals surface area contributed by atoms with Crippen LogP contribution in [0.15, 0.2) is 54.9 Å². The van der Waals surface area contributed by atoms with Gasteiger partial charge < -0.3 is 9.80 Å². The van der Waals surface area contributed by atoms with Gasteiger partial charge in [0.1, 0.15) is 5.15 Å². The van der Waals surface area contributed by atoms with Gasteiger partial charge in [0, 0.05) is 44.1 Å². The molecule has 174 valence electrons.